The predicted octanol–water partition coefficient (Wildman–Crippen LogP) is 5.46. The molecule has 0 heterocycles. The summed E-state index contributed by atoms with van der Waals surface area (Å²) in [7, 11) is 0. The number of thiol groups is 1. The lowest BCUT2D eigenvalue weighted by Gasteiger charge is -2.29. The number of halogens is 4. The molecule has 2 nitrogen and oxygen atoms in total. The SMILES string of the molecule is CCC(CC)(CS)COc1ccc(OC(F)(F)F)c(Br)c1. The van der Waals surface area contributed by atoms with Crippen molar-refractivity contribution in [3.8, 4) is 11.5 Å². The highest BCUT2D eigenvalue weighted by atomic mass is 79.9. The van der Waals surface area contributed by atoms with Crippen LogP contribution in [0, 0.1) is 5.41 Å². The van der Waals surface area contributed by atoms with Gasteiger partial charge in [0.1, 0.15) is 11.5 Å². The van der Waals surface area contributed by atoms with E-state index in [1.165, 1.54) is 18.2 Å². The second-order valence-electron chi connectivity index (χ2n) is 4.79. The zero-order chi connectivity index (χ0) is 16.1. The van der Waals surface area contributed by atoms with Crippen LogP contribution in [0.25, 0.3) is 0 Å². The van der Waals surface area contributed by atoms with E-state index < -0.39 is 6.36 Å². The van der Waals surface area contributed by atoms with Gasteiger partial charge in [0, 0.05) is 5.41 Å². The fraction of sp³-hybridized carbons (Fsp3) is 0.571. The Labute approximate surface area is 136 Å². The minimum atomic E-state index is -4.71. The molecule has 0 saturated heterocycles. The molecule has 0 bridgehead atoms. The molecule has 21 heavy (non-hydrogen) atoms. The van der Waals surface area contributed by atoms with Crippen LogP contribution in [0.2, 0.25) is 0 Å². The van der Waals surface area contributed by atoms with Crippen LogP contribution in [0.15, 0.2) is 22.7 Å². The van der Waals surface area contributed by atoms with E-state index in [4.69, 9.17) is 4.74 Å². The standard InChI is InChI=1S/C14H18BrF3O2S/c1-3-13(4-2,9-21)8-19-10-5-6-12(11(15)7-10)20-14(16,17)18/h5-7,21H,3-4,8-9H2,1-2H3. The van der Waals surface area contributed by atoms with Gasteiger partial charge in [-0.2, -0.15) is 12.6 Å². The van der Waals surface area contributed by atoms with Crippen LogP contribution in [0.5, 0.6) is 11.5 Å². The topological polar surface area (TPSA) is 18.5 Å². The summed E-state index contributed by atoms with van der Waals surface area (Å²) in [5.41, 5.74) is -0.0310. The predicted molar refractivity (Wildman–Crippen MR) is 83.2 cm³/mol. The van der Waals surface area contributed by atoms with Crippen LogP contribution >= 0.6 is 28.6 Å². The Morgan fingerprint density at radius 2 is 1.81 bits per heavy atom. The Hall–Kier alpha value is -0.560. The van der Waals surface area contributed by atoms with Crippen LogP contribution in [-0.4, -0.2) is 18.7 Å². The van der Waals surface area contributed by atoms with Gasteiger partial charge in [-0.1, -0.05) is 13.8 Å². The van der Waals surface area contributed by atoms with Crippen LogP contribution in [0.3, 0.4) is 0 Å². The molecule has 0 spiro atoms. The molecule has 0 aromatic heterocycles. The van der Waals surface area contributed by atoms with Gasteiger partial charge in [-0.3, -0.25) is 0 Å². The Morgan fingerprint density at radius 3 is 2.24 bits per heavy atom. The maximum Gasteiger partial charge on any atom is 0.573 e. The van der Waals surface area contributed by atoms with Crippen LogP contribution in [-0.2, 0) is 0 Å². The minimum Gasteiger partial charge on any atom is -0.493 e. The highest BCUT2D eigenvalue weighted by Gasteiger charge is 2.32. The number of rotatable bonds is 7. The molecule has 1 aromatic rings. The highest BCUT2D eigenvalue weighted by Crippen LogP contribution is 2.34. The molecule has 0 aliphatic heterocycles. The summed E-state index contributed by atoms with van der Waals surface area (Å²) in [4.78, 5) is 0. The first-order valence-corrected chi connectivity index (χ1v) is 7.97. The third-order valence-corrected chi connectivity index (χ3v) is 4.80. The molecule has 0 aliphatic rings. The summed E-state index contributed by atoms with van der Waals surface area (Å²) in [6.07, 6.45) is -2.87. The van der Waals surface area contributed by atoms with Crippen LogP contribution < -0.4 is 9.47 Å². The van der Waals surface area contributed by atoms with E-state index in [0.717, 1.165) is 12.8 Å². The van der Waals surface area contributed by atoms with E-state index in [2.05, 4.69) is 47.1 Å². The summed E-state index contributed by atoms with van der Waals surface area (Å²) in [6, 6.07) is 4.16. The van der Waals surface area contributed by atoms with Gasteiger partial charge in [0.15, 0.2) is 0 Å². The first kappa shape index (κ1) is 18.5. The third-order valence-electron chi connectivity index (χ3n) is 3.51. The van der Waals surface area contributed by atoms with Crippen molar-refractivity contribution in [1.82, 2.24) is 0 Å². The maximum absolute atomic E-state index is 12.2. The lowest BCUT2D eigenvalue weighted by atomic mass is 9.85. The second kappa shape index (κ2) is 7.63. The highest BCUT2D eigenvalue weighted by molar-refractivity contribution is 9.10. The lowest BCUT2D eigenvalue weighted by Crippen LogP contribution is -2.29. The Balaban J connectivity index is 2.76. The van der Waals surface area contributed by atoms with E-state index in [1.54, 1.807) is 0 Å². The fourth-order valence-electron chi connectivity index (χ4n) is 1.74. The van der Waals surface area contributed by atoms with Crippen molar-refractivity contribution in [2.45, 2.75) is 33.1 Å². The normalized spacial score (nSPS) is 12.3. The number of hydrogen-bond donors (Lipinski definition) is 1. The van der Waals surface area contributed by atoms with Gasteiger partial charge in [-0.25, -0.2) is 0 Å². The lowest BCUT2D eigenvalue weighted by molar-refractivity contribution is -0.274. The van der Waals surface area contributed by atoms with E-state index in [1.807, 2.05) is 0 Å². The van der Waals surface area contributed by atoms with Crippen molar-refractivity contribution in [2.24, 2.45) is 5.41 Å². The molecule has 7 heteroatoms. The molecule has 120 valence electrons. The van der Waals surface area contributed by atoms with Crippen molar-refractivity contribution in [2.75, 3.05) is 12.4 Å². The quantitative estimate of drug-likeness (QED) is 0.626. The zero-order valence-electron chi connectivity index (χ0n) is 11.8. The summed E-state index contributed by atoms with van der Waals surface area (Å²) in [6.45, 7) is 4.61. The van der Waals surface area contributed by atoms with Gasteiger partial charge in [0.25, 0.3) is 0 Å². The molecule has 0 amide bonds. The zero-order valence-corrected chi connectivity index (χ0v) is 14.3. The Morgan fingerprint density at radius 1 is 1.19 bits per heavy atom. The molecule has 0 saturated carbocycles. The van der Waals surface area contributed by atoms with E-state index >= 15 is 0 Å². The van der Waals surface area contributed by atoms with Crippen molar-refractivity contribution in [1.29, 1.82) is 0 Å². The monoisotopic (exact) mass is 386 g/mol. The molecule has 0 atom stereocenters. The van der Waals surface area contributed by atoms with E-state index in [-0.39, 0.29) is 15.6 Å². The van der Waals surface area contributed by atoms with Gasteiger partial charge >= 0.3 is 6.36 Å². The molecule has 0 radical (unpaired) electrons. The molecular weight excluding hydrogens is 369 g/mol. The number of hydrogen-bond acceptors (Lipinski definition) is 3. The summed E-state index contributed by atoms with van der Waals surface area (Å²) >= 11 is 7.41. The van der Waals surface area contributed by atoms with Crippen LogP contribution in [0.1, 0.15) is 26.7 Å². The van der Waals surface area contributed by atoms with E-state index in [9.17, 15) is 13.2 Å². The van der Waals surface area contributed by atoms with Gasteiger partial charge < -0.3 is 9.47 Å². The molecular formula is C14H18BrF3O2S. The number of benzene rings is 1. The van der Waals surface area contributed by atoms with Gasteiger partial charge in [0.2, 0.25) is 0 Å². The minimum absolute atomic E-state index is 0.0310. The number of ether oxygens (including phenoxy) is 2. The number of alkyl halides is 3. The Kier molecular flexibility index (Phi) is 6.71. The average molecular weight is 387 g/mol. The molecule has 0 unspecified atom stereocenters. The summed E-state index contributed by atoms with van der Waals surface area (Å²) < 4.78 is 46.3. The van der Waals surface area contributed by atoms with Crippen molar-refractivity contribution < 1.29 is 22.6 Å². The molecule has 1 rings (SSSR count). The first-order chi connectivity index (χ1) is 9.75. The van der Waals surface area contributed by atoms with Crippen molar-refractivity contribution in [3.05, 3.63) is 22.7 Å². The third kappa shape index (κ3) is 5.62. The van der Waals surface area contributed by atoms with Gasteiger partial charge in [-0.15, -0.1) is 13.2 Å². The van der Waals surface area contributed by atoms with E-state index in [0.29, 0.717) is 18.1 Å². The van der Waals surface area contributed by atoms with Gasteiger partial charge in [0.05, 0.1) is 11.1 Å². The molecule has 0 fully saturated rings. The summed E-state index contributed by atoms with van der Waals surface area (Å²) in [5, 5.41) is 0. The first-order valence-electron chi connectivity index (χ1n) is 6.54. The fourth-order valence-corrected chi connectivity index (χ4v) is 2.72. The Bertz CT molecular complexity index is 454. The smallest absolute Gasteiger partial charge is 0.493 e. The summed E-state index contributed by atoms with van der Waals surface area (Å²) in [5.74, 6) is 0.891. The molecule has 1 aromatic carbocycles. The van der Waals surface area contributed by atoms with Crippen molar-refractivity contribution in [3.63, 3.8) is 0 Å². The van der Waals surface area contributed by atoms with Gasteiger partial charge in [-0.05, 0) is 52.7 Å². The molecule has 0 N–H and O–H groups in total. The second-order valence-corrected chi connectivity index (χ2v) is 5.96. The molecule has 0 aliphatic carbocycles. The van der Waals surface area contributed by atoms with Crippen molar-refractivity contribution >= 4 is 28.6 Å². The maximum atomic E-state index is 12.2. The van der Waals surface area contributed by atoms with Crippen LogP contribution in [0.4, 0.5) is 13.2 Å². The average Bonchev–Trinajstić information content (AvgIpc) is 2.42. The largest absolute Gasteiger partial charge is 0.573 e.